The molecule has 0 saturated heterocycles. The number of halogens is 1. The van der Waals surface area contributed by atoms with Crippen molar-refractivity contribution in [2.75, 3.05) is 18.5 Å². The highest BCUT2D eigenvalue weighted by Crippen LogP contribution is 2.32. The van der Waals surface area contributed by atoms with Crippen molar-refractivity contribution in [3.8, 4) is 0 Å². The molecular weight excluding hydrogens is 388 g/mol. The molecule has 0 aromatic heterocycles. The number of allylic oxidation sites excluding steroid dienone is 2. The van der Waals surface area contributed by atoms with Crippen molar-refractivity contribution in [3.63, 3.8) is 0 Å². The lowest BCUT2D eigenvalue weighted by molar-refractivity contribution is -0.172. The van der Waals surface area contributed by atoms with Gasteiger partial charge in [-0.1, -0.05) is 52.3 Å². The van der Waals surface area contributed by atoms with Crippen molar-refractivity contribution in [2.45, 2.75) is 26.7 Å². The Hall–Kier alpha value is -1.95. The molecule has 136 valence electrons. The Balaban J connectivity index is 3.02. The minimum Gasteiger partial charge on any atom is -0.465 e. The largest absolute Gasteiger partial charge is 0.465 e. The molecule has 0 aliphatic heterocycles. The predicted octanol–water partition coefficient (Wildman–Crippen LogP) is 3.71. The molecular formula is C19H23BrO5. The molecule has 0 atom stereocenters. The smallest absolute Gasteiger partial charge is 0.323 e. The van der Waals surface area contributed by atoms with E-state index in [-0.39, 0.29) is 31.8 Å². The number of carbonyl (C=O) groups is 3. The summed E-state index contributed by atoms with van der Waals surface area (Å²) in [5, 5.41) is 0.422. The molecule has 0 amide bonds. The maximum Gasteiger partial charge on any atom is 0.323 e. The van der Waals surface area contributed by atoms with Crippen LogP contribution in [0.25, 0.3) is 0 Å². The summed E-state index contributed by atoms with van der Waals surface area (Å²) < 4.78 is 10.2. The first kappa shape index (κ1) is 21.1. The van der Waals surface area contributed by atoms with E-state index < -0.39 is 17.4 Å². The molecule has 0 saturated carbocycles. The standard InChI is InChI=1S/C19H23BrO5/c1-3-24-17(22)19(13-14-20,18(23)25-4-2)12-8-11-16(21)15-9-6-5-7-10-15/h5-11H,3-4,12-14H2,1-2H3/b11-8+. The summed E-state index contributed by atoms with van der Waals surface area (Å²) in [4.78, 5) is 37.1. The number of rotatable bonds is 10. The van der Waals surface area contributed by atoms with Crippen molar-refractivity contribution in [1.29, 1.82) is 0 Å². The summed E-state index contributed by atoms with van der Waals surface area (Å²) in [6.07, 6.45) is 3.16. The van der Waals surface area contributed by atoms with Gasteiger partial charge in [-0.3, -0.25) is 14.4 Å². The number of esters is 2. The third kappa shape index (κ3) is 5.81. The van der Waals surface area contributed by atoms with Crippen LogP contribution in [-0.4, -0.2) is 36.3 Å². The lowest BCUT2D eigenvalue weighted by Crippen LogP contribution is -2.42. The summed E-state index contributed by atoms with van der Waals surface area (Å²) >= 11 is 3.28. The molecule has 6 heteroatoms. The first-order valence-corrected chi connectivity index (χ1v) is 9.30. The van der Waals surface area contributed by atoms with Crippen molar-refractivity contribution < 1.29 is 23.9 Å². The zero-order valence-electron chi connectivity index (χ0n) is 14.5. The van der Waals surface area contributed by atoms with E-state index in [0.29, 0.717) is 10.9 Å². The van der Waals surface area contributed by atoms with E-state index in [9.17, 15) is 14.4 Å². The average molecular weight is 411 g/mol. The number of hydrogen-bond acceptors (Lipinski definition) is 5. The van der Waals surface area contributed by atoms with Gasteiger partial charge in [-0.05, 0) is 32.8 Å². The van der Waals surface area contributed by atoms with Crippen LogP contribution in [0.1, 0.15) is 37.0 Å². The van der Waals surface area contributed by atoms with E-state index in [1.807, 2.05) is 6.07 Å². The Morgan fingerprint density at radius 2 is 1.60 bits per heavy atom. The summed E-state index contributed by atoms with van der Waals surface area (Å²) in [7, 11) is 0. The Labute approximate surface area is 156 Å². The zero-order chi connectivity index (χ0) is 18.7. The number of carbonyl (C=O) groups excluding carboxylic acids is 3. The molecule has 1 aromatic rings. The average Bonchev–Trinajstić information content (AvgIpc) is 2.61. The maximum atomic E-state index is 12.5. The third-order valence-electron chi connectivity index (χ3n) is 3.65. The molecule has 0 heterocycles. The Morgan fingerprint density at radius 1 is 1.04 bits per heavy atom. The highest BCUT2D eigenvalue weighted by atomic mass is 79.9. The van der Waals surface area contributed by atoms with Gasteiger partial charge in [0, 0.05) is 10.9 Å². The van der Waals surface area contributed by atoms with Gasteiger partial charge in [0.05, 0.1) is 13.2 Å². The van der Waals surface area contributed by atoms with Crippen LogP contribution in [-0.2, 0) is 19.1 Å². The van der Waals surface area contributed by atoms with E-state index in [1.165, 1.54) is 12.2 Å². The van der Waals surface area contributed by atoms with Gasteiger partial charge in [0.15, 0.2) is 11.2 Å². The van der Waals surface area contributed by atoms with Gasteiger partial charge >= 0.3 is 11.9 Å². The number of alkyl halides is 1. The fourth-order valence-corrected chi connectivity index (χ4v) is 3.00. The van der Waals surface area contributed by atoms with E-state index in [1.54, 1.807) is 38.1 Å². The first-order chi connectivity index (χ1) is 12.0. The Morgan fingerprint density at radius 3 is 2.08 bits per heavy atom. The van der Waals surface area contributed by atoms with Crippen molar-refractivity contribution in [2.24, 2.45) is 5.41 Å². The van der Waals surface area contributed by atoms with E-state index in [2.05, 4.69) is 15.9 Å². The van der Waals surface area contributed by atoms with E-state index in [4.69, 9.17) is 9.47 Å². The molecule has 5 nitrogen and oxygen atoms in total. The molecule has 0 aliphatic carbocycles. The first-order valence-electron chi connectivity index (χ1n) is 8.18. The van der Waals surface area contributed by atoms with Crippen LogP contribution in [0.4, 0.5) is 0 Å². The molecule has 0 unspecified atom stereocenters. The van der Waals surface area contributed by atoms with Crippen molar-refractivity contribution in [3.05, 3.63) is 48.0 Å². The lowest BCUT2D eigenvalue weighted by Gasteiger charge is -2.27. The van der Waals surface area contributed by atoms with Crippen molar-refractivity contribution in [1.82, 2.24) is 0 Å². The second kappa shape index (κ2) is 10.8. The molecule has 1 rings (SSSR count). The molecule has 25 heavy (non-hydrogen) atoms. The third-order valence-corrected chi connectivity index (χ3v) is 4.04. The van der Waals surface area contributed by atoms with Crippen LogP contribution in [0.2, 0.25) is 0 Å². The van der Waals surface area contributed by atoms with E-state index >= 15 is 0 Å². The van der Waals surface area contributed by atoms with Crippen LogP contribution in [0.5, 0.6) is 0 Å². The zero-order valence-corrected chi connectivity index (χ0v) is 16.1. The summed E-state index contributed by atoms with van der Waals surface area (Å²) in [5.41, 5.74) is -0.916. The van der Waals surface area contributed by atoms with Gasteiger partial charge in [-0.2, -0.15) is 0 Å². The second-order valence-electron chi connectivity index (χ2n) is 5.30. The summed E-state index contributed by atoms with van der Waals surface area (Å²) in [6.45, 7) is 3.68. The number of ether oxygens (including phenoxy) is 2. The quantitative estimate of drug-likeness (QED) is 0.193. The maximum absolute atomic E-state index is 12.5. The topological polar surface area (TPSA) is 69.7 Å². The normalized spacial score (nSPS) is 11.3. The summed E-state index contributed by atoms with van der Waals surface area (Å²) in [6, 6.07) is 8.77. The molecule has 0 bridgehead atoms. The predicted molar refractivity (Wildman–Crippen MR) is 98.6 cm³/mol. The summed E-state index contributed by atoms with van der Waals surface area (Å²) in [5.74, 6) is -1.46. The Bertz CT molecular complexity index is 592. The highest BCUT2D eigenvalue weighted by Gasteiger charge is 2.47. The van der Waals surface area contributed by atoms with Crippen LogP contribution in [0.15, 0.2) is 42.5 Å². The van der Waals surface area contributed by atoms with E-state index in [0.717, 1.165) is 0 Å². The second-order valence-corrected chi connectivity index (χ2v) is 6.09. The minimum atomic E-state index is -1.46. The monoisotopic (exact) mass is 410 g/mol. The van der Waals surface area contributed by atoms with Crippen LogP contribution in [0.3, 0.4) is 0 Å². The van der Waals surface area contributed by atoms with Gasteiger partial charge < -0.3 is 9.47 Å². The van der Waals surface area contributed by atoms with Crippen LogP contribution >= 0.6 is 15.9 Å². The van der Waals surface area contributed by atoms with Gasteiger partial charge in [-0.15, -0.1) is 0 Å². The number of hydrogen-bond donors (Lipinski definition) is 0. The molecule has 0 radical (unpaired) electrons. The highest BCUT2D eigenvalue weighted by molar-refractivity contribution is 9.09. The fraction of sp³-hybridized carbons (Fsp3) is 0.421. The fourth-order valence-electron chi connectivity index (χ4n) is 2.32. The Kier molecular flexibility index (Phi) is 9.13. The van der Waals surface area contributed by atoms with Gasteiger partial charge in [0.1, 0.15) is 0 Å². The number of benzene rings is 1. The van der Waals surface area contributed by atoms with Gasteiger partial charge in [0.25, 0.3) is 0 Å². The van der Waals surface area contributed by atoms with Gasteiger partial charge in [-0.25, -0.2) is 0 Å². The molecule has 0 fully saturated rings. The minimum absolute atomic E-state index is 0.0365. The number of ketones is 1. The molecule has 0 aliphatic rings. The molecule has 0 spiro atoms. The van der Waals surface area contributed by atoms with Crippen molar-refractivity contribution >= 4 is 33.7 Å². The SMILES string of the molecule is CCOC(=O)C(C/C=C/C(=O)c1ccccc1)(CCBr)C(=O)OCC. The van der Waals surface area contributed by atoms with Crippen LogP contribution < -0.4 is 0 Å². The van der Waals surface area contributed by atoms with Gasteiger partial charge in [0.2, 0.25) is 0 Å². The molecule has 0 N–H and O–H groups in total. The lowest BCUT2D eigenvalue weighted by atomic mass is 9.81. The molecule has 1 aromatic carbocycles. The van der Waals surface area contributed by atoms with Crippen LogP contribution in [0, 0.1) is 5.41 Å².